The molecule has 0 bridgehead atoms. The molecule has 3 nitrogen and oxygen atoms in total. The van der Waals surface area contributed by atoms with Gasteiger partial charge in [0.25, 0.3) is 0 Å². The van der Waals surface area contributed by atoms with Crippen molar-refractivity contribution in [3.8, 4) is 0 Å². The van der Waals surface area contributed by atoms with Gasteiger partial charge in [-0.15, -0.1) is 0 Å². The first-order valence-electron chi connectivity index (χ1n) is 8.17. The lowest BCUT2D eigenvalue weighted by Crippen LogP contribution is -2.24. The maximum absolute atomic E-state index is 14.2. The zero-order valence-electron chi connectivity index (χ0n) is 14.5. The number of carbonyl (C=O) groups is 1. The Morgan fingerprint density at radius 3 is 2.27 bits per heavy atom. The van der Waals surface area contributed by atoms with Gasteiger partial charge in [-0.3, -0.25) is 4.79 Å². The maximum atomic E-state index is 14.2. The molecule has 2 aromatic rings. The highest BCUT2D eigenvalue weighted by atomic mass is 19.2. The summed E-state index contributed by atoms with van der Waals surface area (Å²) in [5, 5.41) is 19.8. The van der Waals surface area contributed by atoms with Gasteiger partial charge in [0, 0.05) is 0 Å². The van der Waals surface area contributed by atoms with Crippen molar-refractivity contribution in [3.05, 3.63) is 71.0 Å². The van der Waals surface area contributed by atoms with Crippen LogP contribution in [0.4, 0.5) is 13.2 Å². The van der Waals surface area contributed by atoms with E-state index in [2.05, 4.69) is 0 Å². The topological polar surface area (TPSA) is 57.5 Å². The second kappa shape index (κ2) is 7.91. The zero-order valence-corrected chi connectivity index (χ0v) is 14.5. The number of carboxylic acid groups (broad SMARTS) is 1. The van der Waals surface area contributed by atoms with Crippen molar-refractivity contribution in [2.45, 2.75) is 38.2 Å². The molecule has 0 aromatic heterocycles. The van der Waals surface area contributed by atoms with Gasteiger partial charge in [-0.25, -0.2) is 13.2 Å². The normalized spacial score (nSPS) is 15.3. The lowest BCUT2D eigenvalue weighted by atomic mass is 9.88. The van der Waals surface area contributed by atoms with E-state index >= 15 is 0 Å². The Balaban J connectivity index is 2.25. The monoisotopic (exact) mass is 366 g/mol. The van der Waals surface area contributed by atoms with Gasteiger partial charge in [0.1, 0.15) is 11.5 Å². The molecule has 0 aliphatic rings. The summed E-state index contributed by atoms with van der Waals surface area (Å²) in [6.45, 7) is 2.26. The molecule has 0 heterocycles. The summed E-state index contributed by atoms with van der Waals surface area (Å²) < 4.78 is 41.0. The Labute approximate surface area is 150 Å². The summed E-state index contributed by atoms with van der Waals surface area (Å²) in [5.41, 5.74) is -1.24. The van der Waals surface area contributed by atoms with Gasteiger partial charge in [-0.05, 0) is 49.1 Å². The minimum absolute atomic E-state index is 0.0822. The highest BCUT2D eigenvalue weighted by molar-refractivity contribution is 5.71. The number of aliphatic carboxylic acids is 1. The first kappa shape index (κ1) is 20.0. The van der Waals surface area contributed by atoms with Crippen LogP contribution in [-0.4, -0.2) is 21.9 Å². The Morgan fingerprint density at radius 2 is 1.73 bits per heavy atom. The third kappa shape index (κ3) is 4.85. The number of aliphatic hydroxyl groups is 1. The molecular formula is C20H21F3O3. The summed E-state index contributed by atoms with van der Waals surface area (Å²) in [6.07, 6.45) is -3.30. The van der Waals surface area contributed by atoms with E-state index in [-0.39, 0.29) is 17.5 Å². The van der Waals surface area contributed by atoms with Crippen molar-refractivity contribution < 1.29 is 28.2 Å². The number of hydrogen-bond acceptors (Lipinski definition) is 2. The largest absolute Gasteiger partial charge is 0.481 e. The average Bonchev–Trinajstić information content (AvgIpc) is 2.58. The zero-order chi connectivity index (χ0) is 19.5. The molecule has 0 amide bonds. The molecule has 140 valence electrons. The summed E-state index contributed by atoms with van der Waals surface area (Å²) in [6, 6.07) is 10.8. The van der Waals surface area contributed by atoms with E-state index in [0.717, 1.165) is 26.0 Å². The summed E-state index contributed by atoms with van der Waals surface area (Å²) in [7, 11) is 0. The molecule has 2 N–H and O–H groups in total. The standard InChI is InChI=1S/C20H21F3O3/c1-20(2,23)18(22)14-5-3-4-12(10-14)11-16(19(25)26)17(24)13-6-8-15(21)9-7-13/h3-10,16-18,24H,11H2,1-2H3,(H,25,26). The lowest BCUT2D eigenvalue weighted by Gasteiger charge is -2.22. The Kier molecular flexibility index (Phi) is 6.08. The van der Waals surface area contributed by atoms with Crippen LogP contribution in [0.15, 0.2) is 48.5 Å². The van der Waals surface area contributed by atoms with Crippen LogP contribution < -0.4 is 0 Å². The maximum Gasteiger partial charge on any atom is 0.309 e. The fourth-order valence-electron chi connectivity index (χ4n) is 2.75. The van der Waals surface area contributed by atoms with Crippen molar-refractivity contribution in [2.24, 2.45) is 5.92 Å². The molecule has 3 unspecified atom stereocenters. The number of hydrogen-bond donors (Lipinski definition) is 2. The fourth-order valence-corrected chi connectivity index (χ4v) is 2.75. The van der Waals surface area contributed by atoms with Crippen LogP contribution in [-0.2, 0) is 11.2 Å². The van der Waals surface area contributed by atoms with Crippen LogP contribution in [0.3, 0.4) is 0 Å². The molecule has 0 aliphatic heterocycles. The van der Waals surface area contributed by atoms with Crippen LogP contribution in [0, 0.1) is 11.7 Å². The van der Waals surface area contributed by atoms with E-state index in [4.69, 9.17) is 0 Å². The summed E-state index contributed by atoms with van der Waals surface area (Å²) in [4.78, 5) is 11.6. The Morgan fingerprint density at radius 1 is 1.12 bits per heavy atom. The molecular weight excluding hydrogens is 345 g/mol. The third-order valence-corrected chi connectivity index (χ3v) is 4.21. The number of halogens is 3. The lowest BCUT2D eigenvalue weighted by molar-refractivity contribution is -0.145. The van der Waals surface area contributed by atoms with Gasteiger partial charge in [-0.1, -0.05) is 36.4 Å². The second-order valence-electron chi connectivity index (χ2n) is 6.82. The van der Waals surface area contributed by atoms with Crippen LogP contribution in [0.1, 0.15) is 42.8 Å². The van der Waals surface area contributed by atoms with E-state index in [1.165, 1.54) is 30.3 Å². The van der Waals surface area contributed by atoms with Gasteiger partial charge in [-0.2, -0.15) is 0 Å². The van der Waals surface area contributed by atoms with Gasteiger partial charge in [0.2, 0.25) is 0 Å². The van der Waals surface area contributed by atoms with E-state index < -0.39 is 35.6 Å². The van der Waals surface area contributed by atoms with Crippen molar-refractivity contribution in [3.63, 3.8) is 0 Å². The molecule has 0 aliphatic carbocycles. The predicted octanol–water partition coefficient (Wildman–Crippen LogP) is 4.56. The molecule has 2 rings (SSSR count). The molecule has 0 saturated heterocycles. The minimum Gasteiger partial charge on any atom is -0.481 e. The van der Waals surface area contributed by atoms with E-state index in [1.807, 2.05) is 0 Å². The Bertz CT molecular complexity index is 754. The molecule has 0 radical (unpaired) electrons. The van der Waals surface area contributed by atoms with E-state index in [9.17, 15) is 28.2 Å². The highest BCUT2D eigenvalue weighted by Crippen LogP contribution is 2.34. The molecule has 0 saturated carbocycles. The van der Waals surface area contributed by atoms with E-state index in [1.54, 1.807) is 6.07 Å². The van der Waals surface area contributed by atoms with Gasteiger partial charge >= 0.3 is 5.97 Å². The van der Waals surface area contributed by atoms with Crippen molar-refractivity contribution in [1.29, 1.82) is 0 Å². The smallest absolute Gasteiger partial charge is 0.309 e. The number of rotatable bonds is 7. The molecule has 6 heteroatoms. The van der Waals surface area contributed by atoms with Crippen molar-refractivity contribution >= 4 is 5.97 Å². The van der Waals surface area contributed by atoms with E-state index in [0.29, 0.717) is 5.56 Å². The highest BCUT2D eigenvalue weighted by Gasteiger charge is 2.32. The van der Waals surface area contributed by atoms with Crippen LogP contribution >= 0.6 is 0 Å². The average molecular weight is 366 g/mol. The van der Waals surface area contributed by atoms with Crippen LogP contribution in [0.2, 0.25) is 0 Å². The third-order valence-electron chi connectivity index (χ3n) is 4.21. The molecule has 3 atom stereocenters. The number of alkyl halides is 2. The van der Waals surface area contributed by atoms with Crippen LogP contribution in [0.5, 0.6) is 0 Å². The SMILES string of the molecule is CC(C)(F)C(F)c1cccc(CC(C(=O)O)C(O)c2ccc(F)cc2)c1. The number of aliphatic hydroxyl groups excluding tert-OH is 1. The van der Waals surface area contributed by atoms with Crippen molar-refractivity contribution in [1.82, 2.24) is 0 Å². The first-order chi connectivity index (χ1) is 12.1. The summed E-state index contributed by atoms with van der Waals surface area (Å²) >= 11 is 0. The molecule has 0 fully saturated rings. The molecule has 2 aromatic carbocycles. The molecule has 26 heavy (non-hydrogen) atoms. The summed E-state index contributed by atoms with van der Waals surface area (Å²) in [5.74, 6) is -2.95. The molecule has 0 spiro atoms. The van der Waals surface area contributed by atoms with Gasteiger partial charge in [0.15, 0.2) is 6.17 Å². The second-order valence-corrected chi connectivity index (χ2v) is 6.82. The fraction of sp³-hybridized carbons (Fsp3) is 0.350. The first-order valence-corrected chi connectivity index (χ1v) is 8.17. The number of benzene rings is 2. The van der Waals surface area contributed by atoms with Gasteiger partial charge in [0.05, 0.1) is 12.0 Å². The Hall–Kier alpha value is -2.34. The van der Waals surface area contributed by atoms with Crippen molar-refractivity contribution in [2.75, 3.05) is 0 Å². The van der Waals surface area contributed by atoms with Gasteiger partial charge < -0.3 is 10.2 Å². The minimum atomic E-state index is -2.07. The number of carboxylic acids is 1. The predicted molar refractivity (Wildman–Crippen MR) is 91.7 cm³/mol. The quantitative estimate of drug-likeness (QED) is 0.755. The van der Waals surface area contributed by atoms with Crippen LogP contribution in [0.25, 0.3) is 0 Å².